The van der Waals surface area contributed by atoms with Gasteiger partial charge in [-0.2, -0.15) is 0 Å². The van der Waals surface area contributed by atoms with Crippen molar-refractivity contribution in [1.29, 1.82) is 0 Å². The maximum Gasteiger partial charge on any atom is 0.325 e. The van der Waals surface area contributed by atoms with Gasteiger partial charge in [0.2, 0.25) is 0 Å². The number of carbonyl (C=O) groups excluding carboxylic acids is 1. The largest absolute Gasteiger partial charge is 0.468 e. The van der Waals surface area contributed by atoms with E-state index in [0.717, 1.165) is 36.3 Å². The van der Waals surface area contributed by atoms with Gasteiger partial charge in [0.1, 0.15) is 18.5 Å². The van der Waals surface area contributed by atoms with Crippen molar-refractivity contribution in [1.82, 2.24) is 9.55 Å². The molecule has 2 aromatic rings. The van der Waals surface area contributed by atoms with E-state index < -0.39 is 0 Å². The van der Waals surface area contributed by atoms with E-state index in [1.54, 1.807) is 0 Å². The minimum Gasteiger partial charge on any atom is -0.468 e. The molecule has 0 N–H and O–H groups in total. The Labute approximate surface area is 111 Å². The van der Waals surface area contributed by atoms with E-state index in [-0.39, 0.29) is 18.6 Å². The smallest absolute Gasteiger partial charge is 0.325 e. The standard InChI is InChI=1S/C14H16N2O3/c1-18-13(17)9-16-11-6-3-2-5-10(11)15-14(16)12-7-4-8-19-12/h2-3,5-6,12H,4,7-9H2,1H3. The average Bonchev–Trinajstić information content (AvgIpc) is 3.06. The summed E-state index contributed by atoms with van der Waals surface area (Å²) in [4.78, 5) is 16.2. The summed E-state index contributed by atoms with van der Waals surface area (Å²) in [5, 5.41) is 0. The van der Waals surface area contributed by atoms with Crippen LogP contribution in [0.2, 0.25) is 0 Å². The van der Waals surface area contributed by atoms with Gasteiger partial charge in [0.15, 0.2) is 0 Å². The molecule has 0 bridgehead atoms. The molecule has 1 aliphatic heterocycles. The zero-order chi connectivity index (χ0) is 13.2. The molecule has 1 fully saturated rings. The van der Waals surface area contributed by atoms with Crippen molar-refractivity contribution in [2.24, 2.45) is 0 Å². The van der Waals surface area contributed by atoms with E-state index in [0.29, 0.717) is 0 Å². The number of rotatable bonds is 3. The summed E-state index contributed by atoms with van der Waals surface area (Å²) in [5.74, 6) is 0.548. The van der Waals surface area contributed by atoms with Crippen molar-refractivity contribution in [3.63, 3.8) is 0 Å². The molecule has 19 heavy (non-hydrogen) atoms. The number of aromatic nitrogens is 2. The molecule has 1 atom stereocenters. The lowest BCUT2D eigenvalue weighted by atomic mass is 10.2. The molecule has 0 amide bonds. The van der Waals surface area contributed by atoms with Crippen LogP contribution in [-0.2, 0) is 20.8 Å². The summed E-state index contributed by atoms with van der Waals surface area (Å²) >= 11 is 0. The highest BCUT2D eigenvalue weighted by molar-refractivity contribution is 5.79. The molecule has 3 rings (SSSR count). The first kappa shape index (κ1) is 12.2. The molecular weight excluding hydrogens is 244 g/mol. The van der Waals surface area contributed by atoms with Crippen LogP contribution in [0.4, 0.5) is 0 Å². The number of ether oxygens (including phenoxy) is 2. The summed E-state index contributed by atoms with van der Waals surface area (Å²) in [6.45, 7) is 0.929. The van der Waals surface area contributed by atoms with Gasteiger partial charge in [0.25, 0.3) is 0 Å². The predicted molar refractivity (Wildman–Crippen MR) is 69.7 cm³/mol. The van der Waals surface area contributed by atoms with Crippen LogP contribution in [0.25, 0.3) is 11.0 Å². The lowest BCUT2D eigenvalue weighted by Crippen LogP contribution is -2.16. The fourth-order valence-corrected chi connectivity index (χ4v) is 2.48. The van der Waals surface area contributed by atoms with Gasteiger partial charge < -0.3 is 14.0 Å². The van der Waals surface area contributed by atoms with Crippen molar-refractivity contribution < 1.29 is 14.3 Å². The number of hydrogen-bond donors (Lipinski definition) is 0. The van der Waals surface area contributed by atoms with Crippen molar-refractivity contribution in [2.45, 2.75) is 25.5 Å². The minimum atomic E-state index is -0.276. The lowest BCUT2D eigenvalue weighted by molar-refractivity contribution is -0.141. The SMILES string of the molecule is COC(=O)Cn1c(C2CCCO2)nc2ccccc21. The number of fused-ring (bicyclic) bond motifs is 1. The van der Waals surface area contributed by atoms with Gasteiger partial charge in [-0.1, -0.05) is 12.1 Å². The normalized spacial score (nSPS) is 18.9. The number of nitrogens with zero attached hydrogens (tertiary/aromatic N) is 2. The number of para-hydroxylation sites is 2. The van der Waals surface area contributed by atoms with E-state index in [1.165, 1.54) is 7.11 Å². The molecular formula is C14H16N2O3. The molecule has 5 heteroatoms. The predicted octanol–water partition coefficient (Wildman–Crippen LogP) is 2.06. The second kappa shape index (κ2) is 5.01. The van der Waals surface area contributed by atoms with Crippen molar-refractivity contribution in [3.05, 3.63) is 30.1 Å². The molecule has 1 aliphatic rings. The summed E-state index contributed by atoms with van der Waals surface area (Å²) in [7, 11) is 1.40. The van der Waals surface area contributed by atoms with Crippen LogP contribution < -0.4 is 0 Å². The third-order valence-electron chi connectivity index (χ3n) is 3.42. The molecule has 0 spiro atoms. The van der Waals surface area contributed by atoms with Crippen LogP contribution >= 0.6 is 0 Å². The first-order valence-electron chi connectivity index (χ1n) is 6.43. The molecule has 1 saturated heterocycles. The number of benzene rings is 1. The molecule has 0 saturated carbocycles. The van der Waals surface area contributed by atoms with Gasteiger partial charge in [-0.05, 0) is 25.0 Å². The Bertz CT molecular complexity index is 600. The van der Waals surface area contributed by atoms with Gasteiger partial charge in [-0.15, -0.1) is 0 Å². The highest BCUT2D eigenvalue weighted by Crippen LogP contribution is 2.30. The second-order valence-electron chi connectivity index (χ2n) is 4.62. The maximum absolute atomic E-state index is 11.6. The zero-order valence-electron chi connectivity index (χ0n) is 10.8. The fraction of sp³-hybridized carbons (Fsp3) is 0.429. The highest BCUT2D eigenvalue weighted by Gasteiger charge is 2.25. The van der Waals surface area contributed by atoms with E-state index in [2.05, 4.69) is 4.98 Å². The lowest BCUT2D eigenvalue weighted by Gasteiger charge is -2.12. The first-order valence-corrected chi connectivity index (χ1v) is 6.43. The third-order valence-corrected chi connectivity index (χ3v) is 3.42. The number of imidazole rings is 1. The molecule has 5 nitrogen and oxygen atoms in total. The molecule has 100 valence electrons. The monoisotopic (exact) mass is 260 g/mol. The van der Waals surface area contributed by atoms with Crippen molar-refractivity contribution in [2.75, 3.05) is 13.7 Å². The van der Waals surface area contributed by atoms with E-state index in [9.17, 15) is 4.79 Å². The molecule has 1 aromatic carbocycles. The number of esters is 1. The maximum atomic E-state index is 11.6. The minimum absolute atomic E-state index is 0.0166. The van der Waals surface area contributed by atoms with Crippen molar-refractivity contribution in [3.8, 4) is 0 Å². The van der Waals surface area contributed by atoms with Gasteiger partial charge >= 0.3 is 5.97 Å². The summed E-state index contributed by atoms with van der Waals surface area (Å²) in [6, 6.07) is 7.79. The Kier molecular flexibility index (Phi) is 3.21. The van der Waals surface area contributed by atoms with Crippen LogP contribution in [0.1, 0.15) is 24.8 Å². The number of carbonyl (C=O) groups is 1. The van der Waals surface area contributed by atoms with Crippen LogP contribution in [0, 0.1) is 0 Å². The summed E-state index contributed by atoms with van der Waals surface area (Å²) in [6.07, 6.45) is 1.97. The third kappa shape index (κ3) is 2.21. The highest BCUT2D eigenvalue weighted by atomic mass is 16.5. The molecule has 2 heterocycles. The quantitative estimate of drug-likeness (QED) is 0.793. The Morgan fingerprint density at radius 3 is 3.11 bits per heavy atom. The molecule has 1 aromatic heterocycles. The van der Waals surface area contributed by atoms with Gasteiger partial charge in [-0.3, -0.25) is 4.79 Å². The van der Waals surface area contributed by atoms with Crippen LogP contribution in [0.15, 0.2) is 24.3 Å². The van der Waals surface area contributed by atoms with E-state index in [4.69, 9.17) is 9.47 Å². The topological polar surface area (TPSA) is 53.4 Å². The first-order chi connectivity index (χ1) is 9.29. The van der Waals surface area contributed by atoms with E-state index >= 15 is 0 Å². The Balaban J connectivity index is 2.07. The van der Waals surface area contributed by atoms with Crippen LogP contribution in [-0.4, -0.2) is 29.2 Å². The van der Waals surface area contributed by atoms with Crippen molar-refractivity contribution >= 4 is 17.0 Å². The second-order valence-corrected chi connectivity index (χ2v) is 4.62. The zero-order valence-corrected chi connectivity index (χ0v) is 10.8. The van der Waals surface area contributed by atoms with Crippen LogP contribution in [0.3, 0.4) is 0 Å². The van der Waals surface area contributed by atoms with Gasteiger partial charge in [-0.25, -0.2) is 4.98 Å². The van der Waals surface area contributed by atoms with Crippen LogP contribution in [0.5, 0.6) is 0 Å². The Morgan fingerprint density at radius 2 is 2.37 bits per heavy atom. The summed E-state index contributed by atoms with van der Waals surface area (Å²) in [5.41, 5.74) is 1.83. The number of hydrogen-bond acceptors (Lipinski definition) is 4. The van der Waals surface area contributed by atoms with Gasteiger partial charge in [0.05, 0.1) is 18.1 Å². The number of methoxy groups -OCH3 is 1. The summed E-state index contributed by atoms with van der Waals surface area (Å²) < 4.78 is 12.4. The Morgan fingerprint density at radius 1 is 1.53 bits per heavy atom. The molecule has 0 radical (unpaired) electrons. The molecule has 1 unspecified atom stereocenters. The van der Waals surface area contributed by atoms with E-state index in [1.807, 2.05) is 28.8 Å². The fourth-order valence-electron chi connectivity index (χ4n) is 2.48. The average molecular weight is 260 g/mol. The Hall–Kier alpha value is -1.88. The molecule has 0 aliphatic carbocycles. The van der Waals surface area contributed by atoms with Gasteiger partial charge in [0, 0.05) is 6.61 Å².